The fourth-order valence-corrected chi connectivity index (χ4v) is 2.42. The molecule has 0 amide bonds. The van der Waals surface area contributed by atoms with Crippen LogP contribution in [0.3, 0.4) is 0 Å². The van der Waals surface area contributed by atoms with Gasteiger partial charge in [-0.25, -0.2) is 4.79 Å². The van der Waals surface area contributed by atoms with Crippen LogP contribution in [0.1, 0.15) is 16.7 Å². The third kappa shape index (κ3) is 4.14. The molecule has 0 radical (unpaired) electrons. The molecule has 2 aromatic carbocycles. The highest BCUT2D eigenvalue weighted by atomic mass is 35.5. The molecule has 24 heavy (non-hydrogen) atoms. The van der Waals surface area contributed by atoms with Crippen molar-refractivity contribution in [3.63, 3.8) is 0 Å². The van der Waals surface area contributed by atoms with E-state index in [1.807, 2.05) is 12.1 Å². The number of nitrogens with zero attached hydrogens (tertiary/aromatic N) is 1. The van der Waals surface area contributed by atoms with Crippen LogP contribution in [0.5, 0.6) is 0 Å². The minimum Gasteiger partial charge on any atom is -0.503 e. The number of rotatable bonds is 6. The maximum absolute atomic E-state index is 11.5. The van der Waals surface area contributed by atoms with Crippen LogP contribution in [-0.2, 0) is 16.0 Å². The van der Waals surface area contributed by atoms with Gasteiger partial charge >= 0.3 is 5.97 Å². The van der Waals surface area contributed by atoms with Gasteiger partial charge in [-0.05, 0) is 17.7 Å². The Morgan fingerprint density at radius 1 is 1.17 bits per heavy atom. The molecule has 0 bridgehead atoms. The lowest BCUT2D eigenvalue weighted by Gasteiger charge is -2.12. The Balaban J connectivity index is 2.44. The van der Waals surface area contributed by atoms with E-state index in [1.165, 1.54) is 7.11 Å². The molecule has 6 heteroatoms. The van der Waals surface area contributed by atoms with Crippen molar-refractivity contribution in [2.75, 3.05) is 7.11 Å². The van der Waals surface area contributed by atoms with Crippen LogP contribution in [0.2, 0.25) is 5.02 Å². The summed E-state index contributed by atoms with van der Waals surface area (Å²) in [5.74, 6) is -1.13. The lowest BCUT2D eigenvalue weighted by molar-refractivity contribution is -0.130. The maximum atomic E-state index is 11.5. The number of benzene rings is 2. The summed E-state index contributed by atoms with van der Waals surface area (Å²) in [7, 11) is 1.38. The van der Waals surface area contributed by atoms with E-state index in [0.29, 0.717) is 28.3 Å². The number of hydrogen-bond donors (Lipinski definition) is 2. The molecular weight excluding hydrogens is 330 g/mol. The predicted octanol–water partition coefficient (Wildman–Crippen LogP) is 3.83. The number of aliphatic carboxylic acids is 1. The number of halogens is 1. The zero-order valence-corrected chi connectivity index (χ0v) is 13.7. The van der Waals surface area contributed by atoms with Crippen molar-refractivity contribution >= 4 is 28.9 Å². The summed E-state index contributed by atoms with van der Waals surface area (Å²) in [6.07, 6.45) is 1.48. The quantitative estimate of drug-likeness (QED) is 0.274. The molecule has 0 heterocycles. The summed E-state index contributed by atoms with van der Waals surface area (Å²) in [5, 5.41) is 22.8. The molecule has 2 N–H and O–H groups in total. The molecule has 0 aromatic heterocycles. The number of carbonyl (C=O) groups is 1. The highest BCUT2D eigenvalue weighted by Crippen LogP contribution is 2.22. The van der Waals surface area contributed by atoms with Gasteiger partial charge in [-0.15, -0.1) is 0 Å². The number of oxime groups is 1. The Kier molecular flexibility index (Phi) is 5.98. The van der Waals surface area contributed by atoms with E-state index in [-0.39, 0.29) is 5.57 Å². The second-order valence-corrected chi connectivity index (χ2v) is 5.40. The normalized spacial score (nSPS) is 12.1. The Morgan fingerprint density at radius 2 is 1.79 bits per heavy atom. The molecule has 0 fully saturated rings. The first-order chi connectivity index (χ1) is 11.6. The Labute approximate surface area is 144 Å². The summed E-state index contributed by atoms with van der Waals surface area (Å²) >= 11 is 5.87. The van der Waals surface area contributed by atoms with E-state index < -0.39 is 5.97 Å². The smallest absolute Gasteiger partial charge is 0.339 e. The largest absolute Gasteiger partial charge is 0.503 e. The standard InChI is InChI=1S/C18H16ClNO4/c1-24-11-16(18(21)22)14-4-2-3-5-15(14)17(20-23)10-12-6-8-13(19)9-7-12/h2-9,11,23H,10H2,1H3,(H,21,22)/b16-11+,20-17-. The van der Waals surface area contributed by atoms with Gasteiger partial charge in [-0.1, -0.05) is 53.2 Å². The van der Waals surface area contributed by atoms with Crippen LogP contribution in [0.25, 0.3) is 5.57 Å². The molecule has 0 aliphatic rings. The van der Waals surface area contributed by atoms with Crippen molar-refractivity contribution in [1.82, 2.24) is 0 Å². The molecule has 0 atom stereocenters. The van der Waals surface area contributed by atoms with Gasteiger partial charge in [0.2, 0.25) is 0 Å². The van der Waals surface area contributed by atoms with Gasteiger partial charge in [0.25, 0.3) is 0 Å². The van der Waals surface area contributed by atoms with Gasteiger partial charge in [-0.2, -0.15) is 0 Å². The van der Waals surface area contributed by atoms with Crippen LogP contribution in [0, 0.1) is 0 Å². The first kappa shape index (κ1) is 17.6. The second-order valence-electron chi connectivity index (χ2n) is 4.97. The highest BCUT2D eigenvalue weighted by molar-refractivity contribution is 6.30. The molecule has 2 rings (SSSR count). The molecule has 124 valence electrons. The summed E-state index contributed by atoms with van der Waals surface area (Å²) in [6, 6.07) is 13.9. The molecule has 0 aliphatic carbocycles. The molecule has 0 saturated carbocycles. The van der Waals surface area contributed by atoms with E-state index in [1.54, 1.807) is 36.4 Å². The van der Waals surface area contributed by atoms with Crippen molar-refractivity contribution in [2.24, 2.45) is 5.16 Å². The number of carboxylic acid groups (broad SMARTS) is 1. The average molecular weight is 346 g/mol. The van der Waals surface area contributed by atoms with Gasteiger partial charge in [0, 0.05) is 22.6 Å². The van der Waals surface area contributed by atoms with Gasteiger partial charge in [0.05, 0.1) is 19.1 Å². The number of carboxylic acids is 1. The summed E-state index contributed by atoms with van der Waals surface area (Å²) in [5.41, 5.74) is 2.13. The first-order valence-corrected chi connectivity index (χ1v) is 7.46. The first-order valence-electron chi connectivity index (χ1n) is 7.08. The van der Waals surface area contributed by atoms with Crippen LogP contribution >= 0.6 is 11.6 Å². The zero-order chi connectivity index (χ0) is 17.5. The van der Waals surface area contributed by atoms with E-state index in [9.17, 15) is 15.1 Å². The molecule has 0 unspecified atom stereocenters. The minimum atomic E-state index is -1.13. The van der Waals surface area contributed by atoms with Crippen molar-refractivity contribution in [3.8, 4) is 0 Å². The highest BCUT2D eigenvalue weighted by Gasteiger charge is 2.18. The monoisotopic (exact) mass is 345 g/mol. The Hall–Kier alpha value is -2.79. The molecule has 0 spiro atoms. The lowest BCUT2D eigenvalue weighted by atomic mass is 9.94. The van der Waals surface area contributed by atoms with Crippen LogP contribution < -0.4 is 0 Å². The minimum absolute atomic E-state index is 0.0228. The van der Waals surface area contributed by atoms with Crippen molar-refractivity contribution in [3.05, 3.63) is 76.5 Å². The molecule has 2 aromatic rings. The summed E-state index contributed by atoms with van der Waals surface area (Å²) in [6.45, 7) is 0. The van der Waals surface area contributed by atoms with Gasteiger partial charge in [0.1, 0.15) is 5.57 Å². The maximum Gasteiger partial charge on any atom is 0.339 e. The van der Waals surface area contributed by atoms with Crippen LogP contribution in [-0.4, -0.2) is 29.1 Å². The fourth-order valence-electron chi connectivity index (χ4n) is 2.30. The van der Waals surface area contributed by atoms with Crippen molar-refractivity contribution in [1.29, 1.82) is 0 Å². The number of hydrogen-bond acceptors (Lipinski definition) is 4. The van der Waals surface area contributed by atoms with Gasteiger partial charge in [0.15, 0.2) is 0 Å². The number of ether oxygens (including phenoxy) is 1. The van der Waals surface area contributed by atoms with Gasteiger partial charge < -0.3 is 15.1 Å². The molecule has 5 nitrogen and oxygen atoms in total. The molecule has 0 aliphatic heterocycles. The zero-order valence-electron chi connectivity index (χ0n) is 12.9. The summed E-state index contributed by atoms with van der Waals surface area (Å²) in [4.78, 5) is 11.5. The van der Waals surface area contributed by atoms with Crippen LogP contribution in [0.4, 0.5) is 0 Å². The molecule has 0 saturated heterocycles. The SMILES string of the molecule is CO/C=C(/C(=O)O)c1ccccc1/C(Cc1ccc(Cl)cc1)=N\O. The fraction of sp³-hybridized carbons (Fsp3) is 0.111. The third-order valence-electron chi connectivity index (χ3n) is 3.40. The van der Waals surface area contributed by atoms with E-state index >= 15 is 0 Å². The summed E-state index contributed by atoms with van der Waals surface area (Å²) < 4.78 is 4.86. The Bertz CT molecular complexity index is 782. The van der Waals surface area contributed by atoms with Gasteiger partial charge in [-0.3, -0.25) is 0 Å². The predicted molar refractivity (Wildman–Crippen MR) is 92.5 cm³/mol. The average Bonchev–Trinajstić information content (AvgIpc) is 2.59. The number of methoxy groups -OCH3 is 1. The molecular formula is C18H16ClNO4. The van der Waals surface area contributed by atoms with E-state index in [4.69, 9.17) is 16.3 Å². The van der Waals surface area contributed by atoms with E-state index in [2.05, 4.69) is 5.16 Å². The van der Waals surface area contributed by atoms with Crippen LogP contribution in [0.15, 0.2) is 59.9 Å². The third-order valence-corrected chi connectivity index (χ3v) is 3.65. The second kappa shape index (κ2) is 8.17. The van der Waals surface area contributed by atoms with E-state index in [0.717, 1.165) is 11.8 Å². The van der Waals surface area contributed by atoms with Crippen molar-refractivity contribution < 1.29 is 19.8 Å². The lowest BCUT2D eigenvalue weighted by Crippen LogP contribution is -2.11. The Morgan fingerprint density at radius 3 is 2.33 bits per heavy atom. The topological polar surface area (TPSA) is 79.1 Å². The van der Waals surface area contributed by atoms with Crippen molar-refractivity contribution in [2.45, 2.75) is 6.42 Å².